The predicted octanol–water partition coefficient (Wildman–Crippen LogP) is 6.80. The molecule has 0 unspecified atom stereocenters. The van der Waals surface area contributed by atoms with Crippen molar-refractivity contribution in [2.24, 2.45) is 0 Å². The molecule has 0 atom stereocenters. The lowest BCUT2D eigenvalue weighted by Gasteiger charge is -2.13. The van der Waals surface area contributed by atoms with Crippen LogP contribution >= 0.6 is 0 Å². The van der Waals surface area contributed by atoms with Crippen molar-refractivity contribution >= 4 is 38.7 Å². The molecule has 0 bridgehead atoms. The predicted molar refractivity (Wildman–Crippen MR) is 156 cm³/mol. The van der Waals surface area contributed by atoms with Crippen molar-refractivity contribution in [3.05, 3.63) is 138 Å². The summed E-state index contributed by atoms with van der Waals surface area (Å²) in [5.74, 6) is 0.848. The van der Waals surface area contributed by atoms with E-state index in [1.807, 2.05) is 114 Å². The lowest BCUT2D eigenvalue weighted by Crippen LogP contribution is -2.21. The van der Waals surface area contributed by atoms with E-state index in [0.29, 0.717) is 5.65 Å². The van der Waals surface area contributed by atoms with E-state index in [2.05, 4.69) is 22.8 Å². The highest BCUT2D eigenvalue weighted by Gasteiger charge is 2.18. The van der Waals surface area contributed by atoms with E-state index in [9.17, 15) is 4.79 Å². The zero-order valence-electron chi connectivity index (χ0n) is 20.8. The Morgan fingerprint density at radius 3 is 1.77 bits per heavy atom. The molecular formula is C33H21N5O. The third kappa shape index (κ3) is 3.18. The fourth-order valence-corrected chi connectivity index (χ4v) is 5.54. The highest BCUT2D eigenvalue weighted by Crippen LogP contribution is 2.30. The average Bonchev–Trinajstić information content (AvgIpc) is 3.58. The maximum Gasteiger partial charge on any atom is 0.299 e. The van der Waals surface area contributed by atoms with Crippen LogP contribution in [0.25, 0.3) is 61.5 Å². The molecule has 39 heavy (non-hydrogen) atoms. The standard InChI is InChI=1S/C33H21N5O/c39-33-32-35-26-13-5-7-15-28(26)38(32)30-17-9-8-16-29(30)37(33)24-20-18-22(19-21-24)31-34-25-12-4-6-14-27(25)36(31)23-10-2-1-3-11-23/h1-21H. The minimum absolute atomic E-state index is 0.158. The molecule has 8 aromatic rings. The molecule has 3 heterocycles. The van der Waals surface area contributed by atoms with Gasteiger partial charge in [0.05, 0.1) is 33.1 Å². The summed E-state index contributed by atoms with van der Waals surface area (Å²) in [7, 11) is 0. The van der Waals surface area contributed by atoms with Gasteiger partial charge in [0.1, 0.15) is 5.82 Å². The van der Waals surface area contributed by atoms with Crippen molar-refractivity contribution in [2.75, 3.05) is 0 Å². The van der Waals surface area contributed by atoms with Crippen molar-refractivity contribution in [1.29, 1.82) is 0 Å². The first-order valence-electron chi connectivity index (χ1n) is 12.8. The molecular weight excluding hydrogens is 482 g/mol. The molecule has 0 saturated heterocycles. The topological polar surface area (TPSA) is 57.1 Å². The van der Waals surface area contributed by atoms with E-state index in [1.54, 1.807) is 4.57 Å². The summed E-state index contributed by atoms with van der Waals surface area (Å²) >= 11 is 0. The molecule has 0 saturated carbocycles. The van der Waals surface area contributed by atoms with Gasteiger partial charge >= 0.3 is 0 Å². The smallest absolute Gasteiger partial charge is 0.292 e. The Morgan fingerprint density at radius 2 is 1.03 bits per heavy atom. The van der Waals surface area contributed by atoms with Gasteiger partial charge in [0.15, 0.2) is 0 Å². The summed E-state index contributed by atoms with van der Waals surface area (Å²) in [6.45, 7) is 0. The van der Waals surface area contributed by atoms with Gasteiger partial charge in [-0.05, 0) is 72.8 Å². The summed E-state index contributed by atoms with van der Waals surface area (Å²) < 4.78 is 5.88. The van der Waals surface area contributed by atoms with Crippen molar-refractivity contribution in [1.82, 2.24) is 23.5 Å². The van der Waals surface area contributed by atoms with Gasteiger partial charge in [-0.2, -0.15) is 0 Å². The highest BCUT2D eigenvalue weighted by atomic mass is 16.1. The van der Waals surface area contributed by atoms with E-state index >= 15 is 0 Å². The maximum absolute atomic E-state index is 13.9. The molecule has 8 rings (SSSR count). The van der Waals surface area contributed by atoms with Crippen LogP contribution < -0.4 is 5.56 Å². The lowest BCUT2D eigenvalue weighted by molar-refractivity contribution is 1.02. The monoisotopic (exact) mass is 503 g/mol. The van der Waals surface area contributed by atoms with Crippen LogP contribution in [0.3, 0.4) is 0 Å². The van der Waals surface area contributed by atoms with Crippen LogP contribution in [0.4, 0.5) is 0 Å². The number of hydrogen-bond acceptors (Lipinski definition) is 3. The van der Waals surface area contributed by atoms with Gasteiger partial charge in [-0.25, -0.2) is 9.97 Å². The molecule has 0 aliphatic heterocycles. The second-order valence-corrected chi connectivity index (χ2v) is 9.53. The summed E-state index contributed by atoms with van der Waals surface area (Å²) in [6.07, 6.45) is 0. The Morgan fingerprint density at radius 1 is 0.462 bits per heavy atom. The zero-order valence-corrected chi connectivity index (χ0v) is 20.8. The van der Waals surface area contributed by atoms with Crippen molar-refractivity contribution < 1.29 is 0 Å². The highest BCUT2D eigenvalue weighted by molar-refractivity contribution is 5.89. The summed E-state index contributed by atoms with van der Waals surface area (Å²) in [6, 6.07) is 42.2. The Balaban J connectivity index is 1.35. The lowest BCUT2D eigenvalue weighted by atomic mass is 10.1. The number of hydrogen-bond donors (Lipinski definition) is 0. The van der Waals surface area contributed by atoms with E-state index in [4.69, 9.17) is 9.97 Å². The summed E-state index contributed by atoms with van der Waals surface area (Å²) in [5.41, 5.74) is 8.47. The minimum atomic E-state index is -0.158. The van der Waals surface area contributed by atoms with Crippen LogP contribution in [0.15, 0.2) is 132 Å². The van der Waals surface area contributed by atoms with Crippen LogP contribution in [-0.4, -0.2) is 23.5 Å². The normalized spacial score (nSPS) is 11.7. The van der Waals surface area contributed by atoms with Crippen LogP contribution in [0.5, 0.6) is 0 Å². The van der Waals surface area contributed by atoms with Crippen molar-refractivity contribution in [3.63, 3.8) is 0 Å². The fraction of sp³-hybridized carbons (Fsp3) is 0. The zero-order chi connectivity index (χ0) is 25.9. The first-order chi connectivity index (χ1) is 19.3. The first-order valence-corrected chi connectivity index (χ1v) is 12.8. The molecule has 3 aromatic heterocycles. The van der Waals surface area contributed by atoms with Crippen LogP contribution in [-0.2, 0) is 0 Å². The molecule has 0 amide bonds. The van der Waals surface area contributed by atoms with Crippen LogP contribution in [0.1, 0.15) is 0 Å². The largest absolute Gasteiger partial charge is 0.299 e. The Kier molecular flexibility index (Phi) is 4.57. The molecule has 184 valence electrons. The second kappa shape index (κ2) is 8.26. The third-order valence-electron chi connectivity index (χ3n) is 7.28. The molecule has 0 radical (unpaired) electrons. The molecule has 0 aliphatic carbocycles. The molecule has 6 nitrogen and oxygen atoms in total. The fourth-order valence-electron chi connectivity index (χ4n) is 5.54. The van der Waals surface area contributed by atoms with E-state index in [1.165, 1.54) is 0 Å². The molecule has 6 heteroatoms. The van der Waals surface area contributed by atoms with Crippen LogP contribution in [0.2, 0.25) is 0 Å². The summed E-state index contributed by atoms with van der Waals surface area (Å²) in [5, 5.41) is 0. The van der Waals surface area contributed by atoms with Gasteiger partial charge in [0.2, 0.25) is 5.65 Å². The Bertz CT molecular complexity index is 2240. The number of aromatic nitrogens is 5. The first kappa shape index (κ1) is 21.6. The SMILES string of the molecule is O=c1c2nc3ccccc3n2c2ccccc2n1-c1ccc(-c2nc3ccccc3n2-c2ccccc2)cc1. The molecule has 0 fully saturated rings. The molecule has 0 aliphatic rings. The number of imidazole rings is 2. The van der Waals surface area contributed by atoms with E-state index in [0.717, 1.165) is 55.9 Å². The average molecular weight is 504 g/mol. The Labute approximate surface area is 222 Å². The molecule has 5 aromatic carbocycles. The van der Waals surface area contributed by atoms with Crippen molar-refractivity contribution in [2.45, 2.75) is 0 Å². The number of nitrogens with zero attached hydrogens (tertiary/aromatic N) is 5. The second-order valence-electron chi connectivity index (χ2n) is 9.53. The number of fused-ring (bicyclic) bond motifs is 6. The van der Waals surface area contributed by atoms with E-state index in [-0.39, 0.29) is 5.56 Å². The quantitative estimate of drug-likeness (QED) is 0.267. The molecule has 0 spiro atoms. The number of rotatable bonds is 3. The Hall–Kier alpha value is -5.49. The maximum atomic E-state index is 13.9. The third-order valence-corrected chi connectivity index (χ3v) is 7.28. The van der Waals surface area contributed by atoms with Gasteiger partial charge in [0, 0.05) is 16.9 Å². The van der Waals surface area contributed by atoms with Crippen molar-refractivity contribution in [3.8, 4) is 22.8 Å². The van der Waals surface area contributed by atoms with E-state index < -0.39 is 0 Å². The number of benzene rings is 5. The summed E-state index contributed by atoms with van der Waals surface area (Å²) in [4.78, 5) is 23.6. The van der Waals surface area contributed by atoms with Gasteiger partial charge in [-0.1, -0.05) is 54.6 Å². The van der Waals surface area contributed by atoms with Crippen LogP contribution in [0, 0.1) is 0 Å². The molecule has 0 N–H and O–H groups in total. The minimum Gasteiger partial charge on any atom is -0.292 e. The number of para-hydroxylation sites is 7. The van der Waals surface area contributed by atoms with Gasteiger partial charge in [0.25, 0.3) is 5.56 Å². The van der Waals surface area contributed by atoms with Gasteiger partial charge < -0.3 is 0 Å². The van der Waals surface area contributed by atoms with Gasteiger partial charge in [-0.3, -0.25) is 18.3 Å². The van der Waals surface area contributed by atoms with Gasteiger partial charge in [-0.15, -0.1) is 0 Å².